The van der Waals surface area contributed by atoms with E-state index >= 15 is 0 Å². The quantitative estimate of drug-likeness (QED) is 0.816. The smallest absolute Gasteiger partial charge is 0.294 e. The van der Waals surface area contributed by atoms with Crippen LogP contribution in [0, 0.1) is 10.8 Å². The van der Waals surface area contributed by atoms with Gasteiger partial charge in [-0.05, 0) is 17.3 Å². The first kappa shape index (κ1) is 18.1. The summed E-state index contributed by atoms with van der Waals surface area (Å²) < 4.78 is 5.77. The minimum atomic E-state index is 0.0743. The van der Waals surface area contributed by atoms with Gasteiger partial charge in [-0.2, -0.15) is 0 Å². The van der Waals surface area contributed by atoms with E-state index < -0.39 is 0 Å². The lowest BCUT2D eigenvalue weighted by molar-refractivity contribution is 0.225. The monoisotopic (exact) mass is 355 g/mol. The van der Waals surface area contributed by atoms with Crippen molar-refractivity contribution in [3.63, 3.8) is 0 Å². The highest BCUT2D eigenvalue weighted by Gasteiger charge is 2.22. The molecular formula is C15H25N5OS2. The summed E-state index contributed by atoms with van der Waals surface area (Å²) in [6.07, 6.45) is 2.66. The van der Waals surface area contributed by atoms with Crippen molar-refractivity contribution in [1.29, 1.82) is 0 Å². The van der Waals surface area contributed by atoms with Gasteiger partial charge in [-0.1, -0.05) is 57.3 Å². The number of nitrogen functional groups attached to an aromatic ring is 1. The Morgan fingerprint density at radius 3 is 2.17 bits per heavy atom. The Kier molecular flexibility index (Phi) is 5.57. The third-order valence-corrected chi connectivity index (χ3v) is 4.83. The Bertz CT molecular complexity index is 630. The number of nitrogens with two attached hydrogens (primary N) is 1. The SMILES string of the molecule is CC(C)(C)Cc1nnc(OCCC(C)(C)Cc2nnc(N)s2)s1. The lowest BCUT2D eigenvalue weighted by Crippen LogP contribution is -2.18. The number of ether oxygens (including phenoxy) is 1. The van der Waals surface area contributed by atoms with E-state index in [1.54, 1.807) is 0 Å². The molecule has 0 aromatic carbocycles. The summed E-state index contributed by atoms with van der Waals surface area (Å²) in [5.41, 5.74) is 5.91. The maximum Gasteiger partial charge on any atom is 0.294 e. The molecule has 2 aromatic rings. The van der Waals surface area contributed by atoms with Crippen molar-refractivity contribution in [2.45, 2.75) is 53.9 Å². The van der Waals surface area contributed by atoms with Crippen molar-refractivity contribution in [2.75, 3.05) is 12.3 Å². The van der Waals surface area contributed by atoms with Crippen LogP contribution in [0.25, 0.3) is 0 Å². The van der Waals surface area contributed by atoms with Gasteiger partial charge in [-0.15, -0.1) is 20.4 Å². The standard InChI is InChI=1S/C15H25N5OS2/c1-14(2,3)8-10-18-20-13(23-10)21-7-6-15(4,5)9-11-17-19-12(16)22-11/h6-9H2,1-5H3,(H2,16,19). The zero-order chi connectivity index (χ0) is 17.1. The minimum Gasteiger partial charge on any atom is -0.469 e. The van der Waals surface area contributed by atoms with Gasteiger partial charge in [-0.3, -0.25) is 0 Å². The van der Waals surface area contributed by atoms with Gasteiger partial charge >= 0.3 is 0 Å². The molecule has 2 aromatic heterocycles. The largest absolute Gasteiger partial charge is 0.469 e. The average molecular weight is 356 g/mol. The van der Waals surface area contributed by atoms with Crippen LogP contribution in [0.2, 0.25) is 0 Å². The maximum atomic E-state index is 5.77. The molecule has 2 N–H and O–H groups in total. The summed E-state index contributed by atoms with van der Waals surface area (Å²) >= 11 is 2.98. The molecule has 0 unspecified atom stereocenters. The zero-order valence-corrected chi connectivity index (χ0v) is 16.1. The summed E-state index contributed by atoms with van der Waals surface area (Å²) in [5, 5.41) is 19.4. The number of nitrogens with zero attached hydrogens (tertiary/aromatic N) is 4. The maximum absolute atomic E-state index is 5.77. The van der Waals surface area contributed by atoms with Crippen LogP contribution in [0.15, 0.2) is 0 Å². The molecule has 0 bridgehead atoms. The fraction of sp³-hybridized carbons (Fsp3) is 0.733. The molecule has 0 amide bonds. The van der Waals surface area contributed by atoms with E-state index in [9.17, 15) is 0 Å². The fourth-order valence-corrected chi connectivity index (χ4v) is 3.95. The van der Waals surface area contributed by atoms with Crippen molar-refractivity contribution < 1.29 is 4.74 Å². The van der Waals surface area contributed by atoms with Crippen molar-refractivity contribution >= 4 is 27.8 Å². The van der Waals surface area contributed by atoms with Gasteiger partial charge in [0, 0.05) is 12.8 Å². The molecule has 23 heavy (non-hydrogen) atoms. The lowest BCUT2D eigenvalue weighted by Gasteiger charge is -2.22. The molecule has 0 aliphatic rings. The first-order chi connectivity index (χ1) is 10.6. The number of rotatable bonds is 7. The molecule has 0 saturated carbocycles. The van der Waals surface area contributed by atoms with E-state index in [1.165, 1.54) is 22.7 Å². The average Bonchev–Trinajstić information content (AvgIpc) is 2.96. The van der Waals surface area contributed by atoms with Crippen LogP contribution in [-0.2, 0) is 12.8 Å². The Labute approximate surface area is 145 Å². The third kappa shape index (κ3) is 6.39. The van der Waals surface area contributed by atoms with Crippen molar-refractivity contribution in [3.05, 3.63) is 10.0 Å². The first-order valence-electron chi connectivity index (χ1n) is 7.66. The Morgan fingerprint density at radius 1 is 0.913 bits per heavy atom. The summed E-state index contributed by atoms with van der Waals surface area (Å²) in [4.78, 5) is 0. The molecule has 2 heterocycles. The van der Waals surface area contributed by atoms with Crippen LogP contribution in [0.3, 0.4) is 0 Å². The van der Waals surface area contributed by atoms with Gasteiger partial charge in [0.25, 0.3) is 5.19 Å². The summed E-state index contributed by atoms with van der Waals surface area (Å²) in [6.45, 7) is 11.6. The molecule has 0 radical (unpaired) electrons. The van der Waals surface area contributed by atoms with E-state index in [1.807, 2.05) is 0 Å². The first-order valence-corrected chi connectivity index (χ1v) is 9.29. The van der Waals surface area contributed by atoms with Gasteiger partial charge in [0.05, 0.1) is 6.61 Å². The summed E-state index contributed by atoms with van der Waals surface area (Å²) in [5.74, 6) is 0. The molecule has 8 heteroatoms. The Balaban J connectivity index is 1.79. The van der Waals surface area contributed by atoms with Crippen molar-refractivity contribution in [2.24, 2.45) is 10.8 Å². The lowest BCUT2D eigenvalue weighted by atomic mass is 9.86. The molecule has 128 valence electrons. The second-order valence-electron chi connectivity index (χ2n) is 7.67. The highest BCUT2D eigenvalue weighted by atomic mass is 32.1. The number of hydrogen-bond acceptors (Lipinski definition) is 8. The van der Waals surface area contributed by atoms with E-state index in [4.69, 9.17) is 10.5 Å². The molecule has 0 aliphatic heterocycles. The summed E-state index contributed by atoms with van der Waals surface area (Å²) in [7, 11) is 0. The van der Waals surface area contributed by atoms with Gasteiger partial charge < -0.3 is 10.5 Å². The number of aromatic nitrogens is 4. The van der Waals surface area contributed by atoms with Gasteiger partial charge in [0.2, 0.25) is 5.13 Å². The molecule has 0 atom stereocenters. The Morgan fingerprint density at radius 2 is 1.57 bits per heavy atom. The van der Waals surface area contributed by atoms with Crippen LogP contribution in [0.1, 0.15) is 51.1 Å². The van der Waals surface area contributed by atoms with E-state index in [0.717, 1.165) is 29.3 Å². The van der Waals surface area contributed by atoms with Gasteiger partial charge in [0.1, 0.15) is 10.0 Å². The van der Waals surface area contributed by atoms with Crippen LogP contribution in [0.4, 0.5) is 5.13 Å². The predicted octanol–water partition coefficient (Wildman–Crippen LogP) is 3.60. The molecule has 6 nitrogen and oxygen atoms in total. The Hall–Kier alpha value is -1.28. The number of anilines is 1. The second kappa shape index (κ2) is 7.09. The van der Waals surface area contributed by atoms with Crippen LogP contribution in [-0.4, -0.2) is 27.0 Å². The highest BCUT2D eigenvalue weighted by molar-refractivity contribution is 7.15. The highest BCUT2D eigenvalue weighted by Crippen LogP contribution is 2.29. The zero-order valence-electron chi connectivity index (χ0n) is 14.4. The number of hydrogen-bond donors (Lipinski definition) is 1. The minimum absolute atomic E-state index is 0.0743. The molecule has 2 rings (SSSR count). The predicted molar refractivity (Wildman–Crippen MR) is 95.0 cm³/mol. The summed E-state index contributed by atoms with van der Waals surface area (Å²) in [6, 6.07) is 0. The second-order valence-corrected chi connectivity index (χ2v) is 9.79. The van der Waals surface area contributed by atoms with Crippen molar-refractivity contribution in [1.82, 2.24) is 20.4 Å². The fourth-order valence-electron chi connectivity index (χ4n) is 2.07. The van der Waals surface area contributed by atoms with Gasteiger partial charge in [0.15, 0.2) is 0 Å². The van der Waals surface area contributed by atoms with Crippen LogP contribution < -0.4 is 10.5 Å². The normalized spacial score (nSPS) is 12.6. The van der Waals surface area contributed by atoms with E-state index in [-0.39, 0.29) is 10.8 Å². The van der Waals surface area contributed by atoms with Gasteiger partial charge in [-0.25, -0.2) is 0 Å². The molecule has 0 saturated heterocycles. The molecule has 0 spiro atoms. The topological polar surface area (TPSA) is 86.8 Å². The van der Waals surface area contributed by atoms with Crippen LogP contribution >= 0.6 is 22.7 Å². The molecule has 0 fully saturated rings. The van der Waals surface area contributed by atoms with Crippen LogP contribution in [0.5, 0.6) is 5.19 Å². The van der Waals surface area contributed by atoms with E-state index in [0.29, 0.717) is 16.9 Å². The van der Waals surface area contributed by atoms with E-state index in [2.05, 4.69) is 55.0 Å². The van der Waals surface area contributed by atoms with Crippen molar-refractivity contribution in [3.8, 4) is 5.19 Å². The molecular weight excluding hydrogens is 330 g/mol. The molecule has 0 aliphatic carbocycles. The third-order valence-electron chi connectivity index (χ3n) is 3.25.